The Balaban J connectivity index is 3.18. The molecule has 1 aromatic rings. The predicted octanol–water partition coefficient (Wildman–Crippen LogP) is 4.35. The van der Waals surface area contributed by atoms with Crippen LogP contribution in [0.3, 0.4) is 0 Å². The number of hydrogen-bond acceptors (Lipinski definition) is 2. The Morgan fingerprint density at radius 1 is 1.15 bits per heavy atom. The Kier molecular flexibility index (Phi) is 6.05. The number of carboxylic acids is 1. The molecule has 0 unspecified atom stereocenters. The summed E-state index contributed by atoms with van der Waals surface area (Å²) in [6, 6.07) is 4.30. The molecule has 0 saturated heterocycles. The monoisotopic (exact) mass is 278 g/mol. The van der Waals surface area contributed by atoms with E-state index in [1.54, 1.807) is 7.11 Å². The van der Waals surface area contributed by atoms with Crippen LogP contribution < -0.4 is 4.74 Å². The number of benzene rings is 1. The maximum Gasteiger partial charge on any atom is 0.303 e. The number of carbonyl (C=O) groups is 1. The van der Waals surface area contributed by atoms with Crippen LogP contribution in [0.2, 0.25) is 0 Å². The average Bonchev–Trinajstić information content (AvgIpc) is 2.36. The van der Waals surface area contributed by atoms with Gasteiger partial charge in [-0.1, -0.05) is 39.8 Å². The van der Waals surface area contributed by atoms with E-state index in [0.717, 1.165) is 12.2 Å². The molecular formula is C17H26O3. The van der Waals surface area contributed by atoms with E-state index in [0.29, 0.717) is 18.3 Å². The van der Waals surface area contributed by atoms with Crippen LogP contribution in [-0.4, -0.2) is 18.2 Å². The van der Waals surface area contributed by atoms with E-state index < -0.39 is 5.97 Å². The fourth-order valence-corrected chi connectivity index (χ4v) is 2.57. The quantitative estimate of drug-likeness (QED) is 0.806. The summed E-state index contributed by atoms with van der Waals surface area (Å²) >= 11 is 0. The molecule has 0 aliphatic heterocycles. The average molecular weight is 278 g/mol. The van der Waals surface area contributed by atoms with Crippen LogP contribution in [0.25, 0.3) is 0 Å². The molecule has 0 bridgehead atoms. The van der Waals surface area contributed by atoms with Crippen LogP contribution in [-0.2, 0) is 11.2 Å². The summed E-state index contributed by atoms with van der Waals surface area (Å²) in [7, 11) is 1.70. The third kappa shape index (κ3) is 3.99. The van der Waals surface area contributed by atoms with E-state index in [-0.39, 0.29) is 6.42 Å². The smallest absolute Gasteiger partial charge is 0.303 e. The summed E-state index contributed by atoms with van der Waals surface area (Å²) in [5.74, 6) is 1.00. The van der Waals surface area contributed by atoms with Crippen LogP contribution in [0.5, 0.6) is 5.75 Å². The first-order valence-electron chi connectivity index (χ1n) is 7.29. The van der Waals surface area contributed by atoms with Crippen LogP contribution >= 0.6 is 0 Å². The first kappa shape index (κ1) is 16.5. The Morgan fingerprint density at radius 3 is 2.15 bits per heavy atom. The Bertz CT molecular complexity index is 462. The largest absolute Gasteiger partial charge is 0.496 e. The second kappa shape index (κ2) is 7.32. The van der Waals surface area contributed by atoms with E-state index >= 15 is 0 Å². The van der Waals surface area contributed by atoms with Crippen LogP contribution in [0.15, 0.2) is 12.1 Å². The third-order valence-electron chi connectivity index (χ3n) is 3.59. The number of hydrogen-bond donors (Lipinski definition) is 1. The second-order valence-corrected chi connectivity index (χ2v) is 5.81. The van der Waals surface area contributed by atoms with Gasteiger partial charge in [0, 0.05) is 6.42 Å². The molecule has 3 nitrogen and oxygen atoms in total. The van der Waals surface area contributed by atoms with Gasteiger partial charge in [-0.25, -0.2) is 0 Å². The van der Waals surface area contributed by atoms with Crippen molar-refractivity contribution in [3.63, 3.8) is 0 Å². The highest BCUT2D eigenvalue weighted by Gasteiger charge is 2.17. The summed E-state index contributed by atoms with van der Waals surface area (Å²) in [5.41, 5.74) is 3.63. The van der Waals surface area contributed by atoms with Crippen LogP contribution in [0.4, 0.5) is 0 Å². The highest BCUT2D eigenvalue weighted by Crippen LogP contribution is 2.36. The maximum atomic E-state index is 10.7. The van der Waals surface area contributed by atoms with Crippen LogP contribution in [0.1, 0.15) is 69.1 Å². The van der Waals surface area contributed by atoms with E-state index in [1.807, 2.05) is 0 Å². The van der Waals surface area contributed by atoms with Crippen molar-refractivity contribution in [2.75, 3.05) is 7.11 Å². The molecular weight excluding hydrogens is 252 g/mol. The molecule has 1 aromatic carbocycles. The van der Waals surface area contributed by atoms with E-state index in [1.165, 1.54) is 16.7 Å². The fourth-order valence-electron chi connectivity index (χ4n) is 2.57. The molecule has 0 fully saturated rings. The number of rotatable bonds is 7. The van der Waals surface area contributed by atoms with Gasteiger partial charge in [-0.05, 0) is 41.4 Å². The van der Waals surface area contributed by atoms with Crippen molar-refractivity contribution in [3.05, 3.63) is 28.8 Å². The first-order chi connectivity index (χ1) is 9.38. The van der Waals surface area contributed by atoms with Gasteiger partial charge in [0.2, 0.25) is 0 Å². The Hall–Kier alpha value is -1.51. The van der Waals surface area contributed by atoms with E-state index in [2.05, 4.69) is 39.8 Å². The predicted molar refractivity (Wildman–Crippen MR) is 81.7 cm³/mol. The molecule has 0 amide bonds. The van der Waals surface area contributed by atoms with Gasteiger partial charge in [-0.3, -0.25) is 4.79 Å². The standard InChI is InChI=1S/C17H26O3/c1-11(2)13-9-10-14(12(3)4)17(20-5)15(13)7-6-8-16(18)19/h9-12H,6-8H2,1-5H3,(H,18,19). The highest BCUT2D eigenvalue weighted by molar-refractivity contribution is 5.66. The zero-order valence-corrected chi connectivity index (χ0v) is 13.2. The lowest BCUT2D eigenvalue weighted by atomic mass is 9.88. The minimum absolute atomic E-state index is 0.201. The zero-order chi connectivity index (χ0) is 15.3. The van der Waals surface area contributed by atoms with Gasteiger partial charge in [0.1, 0.15) is 5.75 Å². The first-order valence-corrected chi connectivity index (χ1v) is 7.29. The lowest BCUT2D eigenvalue weighted by molar-refractivity contribution is -0.137. The number of ether oxygens (including phenoxy) is 1. The summed E-state index contributed by atoms with van der Waals surface area (Å²) < 4.78 is 5.64. The molecule has 0 saturated carbocycles. The molecule has 1 rings (SSSR count). The normalized spacial score (nSPS) is 11.2. The van der Waals surface area contributed by atoms with Crippen molar-refractivity contribution in [2.24, 2.45) is 0 Å². The molecule has 0 heterocycles. The molecule has 0 atom stereocenters. The molecule has 112 valence electrons. The summed E-state index contributed by atoms with van der Waals surface area (Å²) in [4.78, 5) is 10.7. The van der Waals surface area contributed by atoms with Gasteiger partial charge in [0.15, 0.2) is 0 Å². The van der Waals surface area contributed by atoms with Gasteiger partial charge in [0.05, 0.1) is 7.11 Å². The van der Waals surface area contributed by atoms with Gasteiger partial charge in [-0.2, -0.15) is 0 Å². The molecule has 0 radical (unpaired) electrons. The maximum absolute atomic E-state index is 10.7. The summed E-state index contributed by atoms with van der Waals surface area (Å²) in [6.45, 7) is 8.61. The van der Waals surface area contributed by atoms with Crippen molar-refractivity contribution in [3.8, 4) is 5.75 Å². The van der Waals surface area contributed by atoms with Crippen molar-refractivity contribution in [2.45, 2.75) is 58.8 Å². The molecule has 0 spiro atoms. The number of aliphatic carboxylic acids is 1. The highest BCUT2D eigenvalue weighted by atomic mass is 16.5. The molecule has 1 N–H and O–H groups in total. The molecule has 0 aliphatic rings. The lowest BCUT2D eigenvalue weighted by Gasteiger charge is -2.21. The van der Waals surface area contributed by atoms with Gasteiger partial charge in [0.25, 0.3) is 0 Å². The SMILES string of the molecule is COc1c(C(C)C)ccc(C(C)C)c1CCCC(=O)O. The second-order valence-electron chi connectivity index (χ2n) is 5.81. The summed E-state index contributed by atoms with van der Waals surface area (Å²) in [5, 5.41) is 8.81. The minimum atomic E-state index is -0.741. The van der Waals surface area contributed by atoms with Crippen molar-refractivity contribution in [1.29, 1.82) is 0 Å². The van der Waals surface area contributed by atoms with Crippen LogP contribution in [0, 0.1) is 0 Å². The molecule has 20 heavy (non-hydrogen) atoms. The van der Waals surface area contributed by atoms with Gasteiger partial charge >= 0.3 is 5.97 Å². The van der Waals surface area contributed by atoms with Crippen molar-refractivity contribution >= 4 is 5.97 Å². The number of carboxylic acid groups (broad SMARTS) is 1. The van der Waals surface area contributed by atoms with Gasteiger partial charge < -0.3 is 9.84 Å². The van der Waals surface area contributed by atoms with Crippen molar-refractivity contribution < 1.29 is 14.6 Å². The molecule has 0 aliphatic carbocycles. The third-order valence-corrected chi connectivity index (χ3v) is 3.59. The zero-order valence-electron chi connectivity index (χ0n) is 13.2. The topological polar surface area (TPSA) is 46.5 Å². The number of methoxy groups -OCH3 is 1. The van der Waals surface area contributed by atoms with Gasteiger partial charge in [-0.15, -0.1) is 0 Å². The summed E-state index contributed by atoms with van der Waals surface area (Å²) in [6.07, 6.45) is 1.60. The Morgan fingerprint density at radius 2 is 1.70 bits per heavy atom. The lowest BCUT2D eigenvalue weighted by Crippen LogP contribution is -2.06. The van der Waals surface area contributed by atoms with E-state index in [9.17, 15) is 4.79 Å². The van der Waals surface area contributed by atoms with Crippen molar-refractivity contribution in [1.82, 2.24) is 0 Å². The minimum Gasteiger partial charge on any atom is -0.496 e. The Labute approximate surface area is 122 Å². The fraction of sp³-hybridized carbons (Fsp3) is 0.588. The molecule has 0 aromatic heterocycles. The van der Waals surface area contributed by atoms with E-state index in [4.69, 9.17) is 9.84 Å². The molecule has 3 heteroatoms.